The van der Waals surface area contributed by atoms with Crippen LogP contribution in [-0.4, -0.2) is 18.5 Å². The number of hydrogen-bond donors (Lipinski definition) is 2. The van der Waals surface area contributed by atoms with Crippen molar-refractivity contribution in [3.63, 3.8) is 0 Å². The van der Waals surface area contributed by atoms with Crippen LogP contribution >= 0.6 is 11.3 Å². The van der Waals surface area contributed by atoms with E-state index in [1.807, 2.05) is 6.92 Å². The fourth-order valence-corrected chi connectivity index (χ4v) is 3.91. The van der Waals surface area contributed by atoms with Crippen molar-refractivity contribution >= 4 is 21.4 Å². The third-order valence-corrected chi connectivity index (χ3v) is 5.59. The van der Waals surface area contributed by atoms with Gasteiger partial charge in [0.25, 0.3) is 0 Å². The highest BCUT2D eigenvalue weighted by molar-refractivity contribution is 7.89. The van der Waals surface area contributed by atoms with Crippen LogP contribution < -0.4 is 4.72 Å². The summed E-state index contributed by atoms with van der Waals surface area (Å²) in [5.74, 6) is 0. The first kappa shape index (κ1) is 16.1. The molecular weight excluding hydrogens is 308 g/mol. The zero-order valence-electron chi connectivity index (χ0n) is 11.9. The summed E-state index contributed by atoms with van der Waals surface area (Å²) < 4.78 is 27.4. The number of aliphatic hydroxyl groups excluding tert-OH is 1. The minimum Gasteiger partial charge on any atom is -0.388 e. The third kappa shape index (κ3) is 3.88. The minimum absolute atomic E-state index is 0.149. The van der Waals surface area contributed by atoms with Crippen molar-refractivity contribution in [2.24, 2.45) is 0 Å². The van der Waals surface area contributed by atoms with E-state index < -0.39 is 22.2 Å². The number of sulfonamides is 1. The quantitative estimate of drug-likeness (QED) is 0.855. The summed E-state index contributed by atoms with van der Waals surface area (Å²) in [5.41, 5.74) is 0.599. The van der Waals surface area contributed by atoms with Gasteiger partial charge in [0.1, 0.15) is 5.01 Å². The molecular formula is C14H18N2O3S2. The van der Waals surface area contributed by atoms with Gasteiger partial charge >= 0.3 is 0 Å². The van der Waals surface area contributed by atoms with Gasteiger partial charge in [-0.25, -0.2) is 18.1 Å². The fourth-order valence-electron chi connectivity index (χ4n) is 1.92. The van der Waals surface area contributed by atoms with Crippen LogP contribution in [0.4, 0.5) is 0 Å². The topological polar surface area (TPSA) is 79.3 Å². The Balaban J connectivity index is 2.23. The standard InChI is InChI=1S/C14H18N2O3S2/c1-3-13(17)11-5-4-6-12(9-11)21(18,19)16-10(2)14-15-7-8-20-14/h4-10,13,16-17H,3H2,1-2H3. The summed E-state index contributed by atoms with van der Waals surface area (Å²) in [6.45, 7) is 3.59. The molecule has 0 aliphatic carbocycles. The Kier molecular flexibility index (Phi) is 5.10. The van der Waals surface area contributed by atoms with Gasteiger partial charge in [-0.05, 0) is 31.0 Å². The number of nitrogens with zero attached hydrogens (tertiary/aromatic N) is 1. The molecule has 21 heavy (non-hydrogen) atoms. The first-order valence-corrected chi connectivity index (χ1v) is 9.00. The van der Waals surface area contributed by atoms with Crippen LogP contribution in [0.5, 0.6) is 0 Å². The molecule has 1 aromatic carbocycles. The summed E-state index contributed by atoms with van der Waals surface area (Å²) in [5, 5.41) is 12.3. The van der Waals surface area contributed by atoms with E-state index in [2.05, 4.69) is 9.71 Å². The van der Waals surface area contributed by atoms with Crippen LogP contribution in [0.3, 0.4) is 0 Å². The van der Waals surface area contributed by atoms with E-state index in [0.717, 1.165) is 0 Å². The zero-order chi connectivity index (χ0) is 15.5. The monoisotopic (exact) mass is 326 g/mol. The highest BCUT2D eigenvalue weighted by atomic mass is 32.2. The van der Waals surface area contributed by atoms with Gasteiger partial charge in [-0.2, -0.15) is 0 Å². The van der Waals surface area contributed by atoms with Crippen LogP contribution in [0.2, 0.25) is 0 Å². The number of rotatable bonds is 6. The Labute approximate surface area is 128 Å². The number of aliphatic hydroxyl groups is 1. The second-order valence-corrected chi connectivity index (χ2v) is 7.35. The van der Waals surface area contributed by atoms with Crippen LogP contribution in [0.1, 0.15) is 43.0 Å². The number of nitrogens with one attached hydrogen (secondary N) is 1. The van der Waals surface area contributed by atoms with Gasteiger partial charge in [-0.15, -0.1) is 11.3 Å². The predicted octanol–water partition coefficient (Wildman–Crippen LogP) is 2.63. The van der Waals surface area contributed by atoms with Crippen LogP contribution in [0, 0.1) is 0 Å². The molecule has 1 aromatic heterocycles. The average molecular weight is 326 g/mol. The van der Waals surface area contributed by atoms with Gasteiger partial charge < -0.3 is 5.11 Å². The smallest absolute Gasteiger partial charge is 0.241 e. The van der Waals surface area contributed by atoms with E-state index in [4.69, 9.17) is 0 Å². The molecule has 2 aromatic rings. The molecule has 114 valence electrons. The van der Waals surface area contributed by atoms with Gasteiger partial charge in [0.05, 0.1) is 17.0 Å². The van der Waals surface area contributed by atoms with Crippen molar-refractivity contribution in [2.75, 3.05) is 0 Å². The van der Waals surface area contributed by atoms with E-state index in [-0.39, 0.29) is 4.90 Å². The lowest BCUT2D eigenvalue weighted by Crippen LogP contribution is -2.27. The molecule has 7 heteroatoms. The Morgan fingerprint density at radius 2 is 2.19 bits per heavy atom. The van der Waals surface area contributed by atoms with E-state index in [0.29, 0.717) is 17.0 Å². The van der Waals surface area contributed by atoms with Crippen LogP contribution in [0.15, 0.2) is 40.7 Å². The Morgan fingerprint density at radius 1 is 1.43 bits per heavy atom. The Hall–Kier alpha value is -1.28. The summed E-state index contributed by atoms with van der Waals surface area (Å²) in [4.78, 5) is 4.25. The molecule has 0 amide bonds. The van der Waals surface area contributed by atoms with E-state index in [1.165, 1.54) is 23.5 Å². The molecule has 2 rings (SSSR count). The van der Waals surface area contributed by atoms with Crippen molar-refractivity contribution in [2.45, 2.75) is 37.3 Å². The Morgan fingerprint density at radius 3 is 2.81 bits per heavy atom. The lowest BCUT2D eigenvalue weighted by atomic mass is 10.1. The molecule has 0 bridgehead atoms. The molecule has 0 aliphatic heterocycles. The van der Waals surface area contributed by atoms with Gasteiger partial charge in [-0.3, -0.25) is 0 Å². The Bertz CT molecular complexity index is 684. The van der Waals surface area contributed by atoms with Crippen molar-refractivity contribution in [1.82, 2.24) is 9.71 Å². The lowest BCUT2D eigenvalue weighted by molar-refractivity contribution is 0.173. The van der Waals surface area contributed by atoms with E-state index >= 15 is 0 Å². The SMILES string of the molecule is CCC(O)c1cccc(S(=O)(=O)NC(C)c2nccs2)c1. The molecule has 2 unspecified atom stereocenters. The highest BCUT2D eigenvalue weighted by Crippen LogP contribution is 2.22. The van der Waals surface area contributed by atoms with Crippen molar-refractivity contribution in [3.8, 4) is 0 Å². The maximum atomic E-state index is 12.4. The molecule has 0 fully saturated rings. The van der Waals surface area contributed by atoms with Crippen molar-refractivity contribution in [1.29, 1.82) is 0 Å². The van der Waals surface area contributed by atoms with Crippen molar-refractivity contribution < 1.29 is 13.5 Å². The maximum Gasteiger partial charge on any atom is 0.241 e. The average Bonchev–Trinajstić information content (AvgIpc) is 3.00. The lowest BCUT2D eigenvalue weighted by Gasteiger charge is -2.14. The van der Waals surface area contributed by atoms with Crippen LogP contribution in [0.25, 0.3) is 0 Å². The minimum atomic E-state index is -3.64. The van der Waals surface area contributed by atoms with Gasteiger partial charge in [0, 0.05) is 11.6 Å². The molecule has 0 saturated carbocycles. The van der Waals surface area contributed by atoms with E-state index in [1.54, 1.807) is 30.6 Å². The molecule has 2 N–H and O–H groups in total. The summed E-state index contributed by atoms with van der Waals surface area (Å²) in [6, 6.07) is 5.98. The third-order valence-electron chi connectivity index (χ3n) is 3.09. The molecule has 1 heterocycles. The zero-order valence-corrected chi connectivity index (χ0v) is 13.5. The molecule has 0 spiro atoms. The second-order valence-electron chi connectivity index (χ2n) is 4.71. The molecule has 5 nitrogen and oxygen atoms in total. The molecule has 0 saturated heterocycles. The predicted molar refractivity (Wildman–Crippen MR) is 82.5 cm³/mol. The summed E-state index contributed by atoms with van der Waals surface area (Å²) in [6.07, 6.45) is 1.52. The molecule has 0 radical (unpaired) electrons. The van der Waals surface area contributed by atoms with Gasteiger partial charge in [0.2, 0.25) is 10.0 Å². The number of thiazole rings is 1. The maximum absolute atomic E-state index is 12.4. The van der Waals surface area contributed by atoms with Gasteiger partial charge in [-0.1, -0.05) is 19.1 Å². The number of aromatic nitrogens is 1. The highest BCUT2D eigenvalue weighted by Gasteiger charge is 2.20. The van der Waals surface area contributed by atoms with Crippen LogP contribution in [-0.2, 0) is 10.0 Å². The second kappa shape index (κ2) is 6.65. The van der Waals surface area contributed by atoms with Crippen molar-refractivity contribution in [3.05, 3.63) is 46.4 Å². The van der Waals surface area contributed by atoms with E-state index in [9.17, 15) is 13.5 Å². The summed E-state index contributed by atoms with van der Waals surface area (Å²) in [7, 11) is -3.64. The number of hydrogen-bond acceptors (Lipinski definition) is 5. The molecule has 2 atom stereocenters. The molecule has 0 aliphatic rings. The summed E-state index contributed by atoms with van der Waals surface area (Å²) >= 11 is 1.40. The fraction of sp³-hybridized carbons (Fsp3) is 0.357. The first-order chi connectivity index (χ1) is 9.94. The largest absolute Gasteiger partial charge is 0.388 e. The first-order valence-electron chi connectivity index (χ1n) is 6.63. The van der Waals surface area contributed by atoms with Gasteiger partial charge in [0.15, 0.2) is 0 Å². The normalized spacial score (nSPS) is 14.8. The number of benzene rings is 1.